The fourth-order valence-corrected chi connectivity index (χ4v) is 0.917. The van der Waals surface area contributed by atoms with Gasteiger partial charge in [0.05, 0.1) is 0 Å². The Hall–Kier alpha value is -0.800. The predicted octanol–water partition coefficient (Wildman–Crippen LogP) is 2.17. The smallest absolute Gasteiger partial charge is 0.303 e. The van der Waals surface area contributed by atoms with Gasteiger partial charge < -0.3 is 5.11 Å². The highest BCUT2D eigenvalue weighted by molar-refractivity contribution is 6.29. The molecule has 5 heteroatoms. The van der Waals surface area contributed by atoms with Crippen LogP contribution in [0.4, 0.5) is 0 Å². The highest BCUT2D eigenvalue weighted by atomic mass is 35.5. The fraction of sp³-hybridized carbons (Fsp3) is 0.250. The molecule has 13 heavy (non-hydrogen) atoms. The molecule has 0 unspecified atom stereocenters. The number of carboxylic acid groups (broad SMARTS) is 1. The third-order valence-electron chi connectivity index (χ3n) is 1.42. The first-order chi connectivity index (χ1) is 5.68. The SMILES string of the molecule is Cl.O=C(O)CCc1ccc(Cl)nc1. The minimum atomic E-state index is -0.801. The van der Waals surface area contributed by atoms with Gasteiger partial charge in [0.1, 0.15) is 5.15 Å². The lowest BCUT2D eigenvalue weighted by molar-refractivity contribution is -0.136. The van der Waals surface area contributed by atoms with E-state index in [1.807, 2.05) is 0 Å². The average Bonchev–Trinajstić information content (AvgIpc) is 2.03. The maximum absolute atomic E-state index is 10.2. The Kier molecular flexibility index (Phi) is 5.42. The van der Waals surface area contributed by atoms with Gasteiger partial charge in [-0.05, 0) is 18.1 Å². The topological polar surface area (TPSA) is 50.2 Å². The van der Waals surface area contributed by atoms with Crippen LogP contribution in [0.3, 0.4) is 0 Å². The number of halogens is 2. The molecule has 1 N–H and O–H groups in total. The van der Waals surface area contributed by atoms with Gasteiger partial charge in [-0.2, -0.15) is 0 Å². The first kappa shape index (κ1) is 12.2. The Morgan fingerprint density at radius 2 is 2.23 bits per heavy atom. The van der Waals surface area contributed by atoms with Crippen LogP contribution in [-0.4, -0.2) is 16.1 Å². The molecule has 0 aromatic carbocycles. The van der Waals surface area contributed by atoms with Crippen LogP contribution >= 0.6 is 24.0 Å². The Labute approximate surface area is 87.2 Å². The Morgan fingerprint density at radius 1 is 1.54 bits per heavy atom. The van der Waals surface area contributed by atoms with E-state index in [1.165, 1.54) is 0 Å². The van der Waals surface area contributed by atoms with Crippen LogP contribution in [0.2, 0.25) is 5.15 Å². The van der Waals surface area contributed by atoms with Gasteiger partial charge in [0, 0.05) is 12.6 Å². The molecule has 1 heterocycles. The van der Waals surface area contributed by atoms with Crippen molar-refractivity contribution in [1.29, 1.82) is 0 Å². The minimum absolute atomic E-state index is 0. The number of hydrogen-bond donors (Lipinski definition) is 1. The standard InChI is InChI=1S/C8H8ClNO2.ClH/c9-7-3-1-6(5-10-7)2-4-8(11)12;/h1,3,5H,2,4H2,(H,11,12);1H. The number of nitrogens with zero attached hydrogens (tertiary/aromatic N) is 1. The van der Waals surface area contributed by atoms with E-state index in [2.05, 4.69) is 4.98 Å². The summed E-state index contributed by atoms with van der Waals surface area (Å²) in [5, 5.41) is 8.81. The largest absolute Gasteiger partial charge is 0.481 e. The average molecular weight is 222 g/mol. The van der Waals surface area contributed by atoms with Crippen LogP contribution < -0.4 is 0 Å². The van der Waals surface area contributed by atoms with E-state index >= 15 is 0 Å². The third kappa shape index (κ3) is 4.70. The number of hydrogen-bond acceptors (Lipinski definition) is 2. The zero-order valence-electron chi connectivity index (χ0n) is 6.74. The quantitative estimate of drug-likeness (QED) is 0.797. The number of aryl methyl sites for hydroxylation is 1. The van der Waals surface area contributed by atoms with E-state index in [0.717, 1.165) is 5.56 Å². The molecule has 0 aliphatic carbocycles. The molecule has 0 spiro atoms. The Bertz CT molecular complexity index is 274. The second kappa shape index (κ2) is 5.78. The Balaban J connectivity index is 0.00000144. The molecule has 0 bridgehead atoms. The second-order valence-corrected chi connectivity index (χ2v) is 2.77. The van der Waals surface area contributed by atoms with Crippen molar-refractivity contribution in [2.24, 2.45) is 0 Å². The van der Waals surface area contributed by atoms with Crippen molar-refractivity contribution in [3.63, 3.8) is 0 Å². The molecule has 1 aromatic rings. The predicted molar refractivity (Wildman–Crippen MR) is 52.5 cm³/mol. The van der Waals surface area contributed by atoms with Gasteiger partial charge in [-0.1, -0.05) is 17.7 Å². The molecule has 0 amide bonds. The van der Waals surface area contributed by atoms with Crippen molar-refractivity contribution in [1.82, 2.24) is 4.98 Å². The van der Waals surface area contributed by atoms with Crippen LogP contribution in [0.15, 0.2) is 18.3 Å². The summed E-state index contributed by atoms with van der Waals surface area (Å²) in [5.74, 6) is -0.801. The van der Waals surface area contributed by atoms with Gasteiger partial charge in [0.25, 0.3) is 0 Å². The molecule has 0 saturated heterocycles. The number of aromatic nitrogens is 1. The summed E-state index contributed by atoms with van der Waals surface area (Å²) in [7, 11) is 0. The van der Waals surface area contributed by atoms with E-state index in [4.69, 9.17) is 16.7 Å². The number of carbonyl (C=O) groups is 1. The maximum atomic E-state index is 10.2. The molecule has 72 valence electrons. The van der Waals surface area contributed by atoms with E-state index in [0.29, 0.717) is 11.6 Å². The first-order valence-corrected chi connectivity index (χ1v) is 3.88. The molecular formula is C8H9Cl2NO2. The van der Waals surface area contributed by atoms with Gasteiger partial charge in [-0.3, -0.25) is 4.79 Å². The Morgan fingerprint density at radius 3 is 2.69 bits per heavy atom. The minimum Gasteiger partial charge on any atom is -0.481 e. The molecular weight excluding hydrogens is 213 g/mol. The van der Waals surface area contributed by atoms with Gasteiger partial charge in [0.15, 0.2) is 0 Å². The molecule has 1 aromatic heterocycles. The van der Waals surface area contributed by atoms with Crippen molar-refractivity contribution >= 4 is 30.0 Å². The summed E-state index contributed by atoms with van der Waals surface area (Å²) in [6.45, 7) is 0. The van der Waals surface area contributed by atoms with Crippen molar-refractivity contribution in [3.8, 4) is 0 Å². The van der Waals surface area contributed by atoms with Crippen molar-refractivity contribution in [3.05, 3.63) is 29.0 Å². The summed E-state index contributed by atoms with van der Waals surface area (Å²) in [4.78, 5) is 14.0. The molecule has 0 fully saturated rings. The summed E-state index contributed by atoms with van der Waals surface area (Å²) in [6.07, 6.45) is 2.22. The van der Waals surface area contributed by atoms with E-state index in [-0.39, 0.29) is 18.8 Å². The van der Waals surface area contributed by atoms with Crippen LogP contribution in [0.25, 0.3) is 0 Å². The van der Waals surface area contributed by atoms with Crippen molar-refractivity contribution < 1.29 is 9.90 Å². The summed E-state index contributed by atoms with van der Waals surface area (Å²) < 4.78 is 0. The fourth-order valence-electron chi connectivity index (χ4n) is 0.806. The number of pyridine rings is 1. The molecule has 0 aliphatic heterocycles. The second-order valence-electron chi connectivity index (χ2n) is 2.38. The molecule has 0 saturated carbocycles. The molecule has 0 atom stereocenters. The van der Waals surface area contributed by atoms with Crippen LogP contribution in [0.1, 0.15) is 12.0 Å². The van der Waals surface area contributed by atoms with Crippen molar-refractivity contribution in [2.75, 3.05) is 0 Å². The number of carboxylic acids is 1. The lowest BCUT2D eigenvalue weighted by Crippen LogP contribution is -1.97. The summed E-state index contributed by atoms with van der Waals surface area (Å²) in [5.41, 5.74) is 0.891. The molecule has 0 aliphatic rings. The van der Waals surface area contributed by atoms with Gasteiger partial charge in [-0.25, -0.2) is 4.98 Å². The lowest BCUT2D eigenvalue weighted by Gasteiger charge is -1.96. The summed E-state index contributed by atoms with van der Waals surface area (Å²) >= 11 is 5.55. The molecule has 3 nitrogen and oxygen atoms in total. The highest BCUT2D eigenvalue weighted by Gasteiger charge is 1.98. The highest BCUT2D eigenvalue weighted by Crippen LogP contribution is 2.06. The van der Waals surface area contributed by atoms with Crippen LogP contribution in [-0.2, 0) is 11.2 Å². The normalized spacial score (nSPS) is 9.00. The van der Waals surface area contributed by atoms with Crippen molar-refractivity contribution in [2.45, 2.75) is 12.8 Å². The number of aliphatic carboxylic acids is 1. The van der Waals surface area contributed by atoms with Gasteiger partial charge in [-0.15, -0.1) is 12.4 Å². The van der Waals surface area contributed by atoms with Crippen LogP contribution in [0.5, 0.6) is 0 Å². The van der Waals surface area contributed by atoms with Crippen LogP contribution in [0, 0.1) is 0 Å². The monoisotopic (exact) mass is 221 g/mol. The van der Waals surface area contributed by atoms with E-state index in [9.17, 15) is 4.79 Å². The van der Waals surface area contributed by atoms with Gasteiger partial charge >= 0.3 is 5.97 Å². The molecule has 0 radical (unpaired) electrons. The third-order valence-corrected chi connectivity index (χ3v) is 1.64. The number of rotatable bonds is 3. The maximum Gasteiger partial charge on any atom is 0.303 e. The van der Waals surface area contributed by atoms with E-state index in [1.54, 1.807) is 18.3 Å². The zero-order chi connectivity index (χ0) is 8.97. The van der Waals surface area contributed by atoms with E-state index < -0.39 is 5.97 Å². The summed E-state index contributed by atoms with van der Waals surface area (Å²) in [6, 6.07) is 3.43. The van der Waals surface area contributed by atoms with Gasteiger partial charge in [0.2, 0.25) is 0 Å². The lowest BCUT2D eigenvalue weighted by atomic mass is 10.2. The first-order valence-electron chi connectivity index (χ1n) is 3.50. The molecule has 1 rings (SSSR count). The zero-order valence-corrected chi connectivity index (χ0v) is 8.31.